The Balaban J connectivity index is 1.89. The zero-order valence-corrected chi connectivity index (χ0v) is 13.7. The molecular weight excluding hydrogens is 314 g/mol. The van der Waals surface area contributed by atoms with Crippen LogP contribution in [0.3, 0.4) is 0 Å². The molecule has 2 N–H and O–H groups in total. The Labute approximate surface area is 145 Å². The minimum Gasteiger partial charge on any atom is -0.341 e. The number of aromatic nitrogens is 1. The third-order valence-electron chi connectivity index (χ3n) is 3.96. The Morgan fingerprint density at radius 1 is 1.08 bits per heavy atom. The predicted octanol–water partition coefficient (Wildman–Crippen LogP) is 2.79. The second kappa shape index (κ2) is 6.93. The van der Waals surface area contributed by atoms with Gasteiger partial charge in [0.15, 0.2) is 0 Å². The van der Waals surface area contributed by atoms with Crippen LogP contribution in [0.5, 0.6) is 0 Å². The van der Waals surface area contributed by atoms with Crippen LogP contribution in [0.2, 0.25) is 0 Å². The van der Waals surface area contributed by atoms with E-state index in [1.165, 1.54) is 0 Å². The van der Waals surface area contributed by atoms with E-state index in [0.717, 1.165) is 10.9 Å². The van der Waals surface area contributed by atoms with E-state index < -0.39 is 0 Å². The average Bonchev–Trinajstić information content (AvgIpc) is 2.97. The average molecular weight is 331 g/mol. The summed E-state index contributed by atoms with van der Waals surface area (Å²) in [4.78, 5) is 24.9. The van der Waals surface area contributed by atoms with Crippen LogP contribution in [0.4, 0.5) is 5.69 Å². The summed E-state index contributed by atoms with van der Waals surface area (Å²) in [7, 11) is 1.84. The molecule has 5 nitrogen and oxygen atoms in total. The quantitative estimate of drug-likeness (QED) is 0.722. The highest BCUT2D eigenvalue weighted by atomic mass is 16.2. The first-order chi connectivity index (χ1) is 12.1. The van der Waals surface area contributed by atoms with Gasteiger partial charge in [-0.1, -0.05) is 36.3 Å². The van der Waals surface area contributed by atoms with Crippen molar-refractivity contribution in [1.82, 2.24) is 9.88 Å². The molecule has 1 aromatic heterocycles. The van der Waals surface area contributed by atoms with Gasteiger partial charge < -0.3 is 15.2 Å². The smallest absolute Gasteiger partial charge is 0.272 e. The fourth-order valence-electron chi connectivity index (χ4n) is 2.71. The van der Waals surface area contributed by atoms with Crippen LogP contribution in [0, 0.1) is 12.3 Å². The van der Waals surface area contributed by atoms with E-state index in [2.05, 4.69) is 16.6 Å². The molecule has 0 unspecified atom stereocenters. The van der Waals surface area contributed by atoms with Crippen LogP contribution in [-0.2, 0) is 7.05 Å². The van der Waals surface area contributed by atoms with Gasteiger partial charge in [-0.25, -0.2) is 0 Å². The molecule has 0 atom stereocenters. The fourth-order valence-corrected chi connectivity index (χ4v) is 2.71. The van der Waals surface area contributed by atoms with Crippen LogP contribution >= 0.6 is 0 Å². The molecule has 0 aliphatic carbocycles. The molecule has 0 aliphatic rings. The highest BCUT2D eigenvalue weighted by molar-refractivity contribution is 6.10. The molecule has 0 saturated heterocycles. The second-order valence-corrected chi connectivity index (χ2v) is 5.53. The maximum Gasteiger partial charge on any atom is 0.272 e. The number of hydrogen-bond acceptors (Lipinski definition) is 2. The number of benzene rings is 2. The van der Waals surface area contributed by atoms with Gasteiger partial charge in [0, 0.05) is 18.0 Å². The minimum absolute atomic E-state index is 0.129. The number of carbonyl (C=O) groups is 2. The maximum atomic E-state index is 12.7. The molecule has 0 bridgehead atoms. The zero-order chi connectivity index (χ0) is 17.8. The zero-order valence-electron chi connectivity index (χ0n) is 13.7. The minimum atomic E-state index is -0.328. The van der Waals surface area contributed by atoms with Crippen molar-refractivity contribution in [3.05, 3.63) is 65.9 Å². The van der Waals surface area contributed by atoms with Crippen molar-refractivity contribution in [3.63, 3.8) is 0 Å². The lowest BCUT2D eigenvalue weighted by molar-refractivity contribution is 0.0959. The highest BCUT2D eigenvalue weighted by Gasteiger charge is 2.16. The normalized spacial score (nSPS) is 10.2. The summed E-state index contributed by atoms with van der Waals surface area (Å²) in [5.74, 6) is 1.74. The number of nitrogens with zero attached hydrogens (tertiary/aromatic N) is 1. The third-order valence-corrected chi connectivity index (χ3v) is 3.96. The van der Waals surface area contributed by atoms with Crippen molar-refractivity contribution >= 4 is 28.4 Å². The summed E-state index contributed by atoms with van der Waals surface area (Å²) in [6.45, 7) is 0.129. The second-order valence-electron chi connectivity index (χ2n) is 5.53. The Morgan fingerprint density at radius 3 is 2.56 bits per heavy atom. The largest absolute Gasteiger partial charge is 0.341 e. The number of fused-ring (bicyclic) bond motifs is 1. The fraction of sp³-hybridized carbons (Fsp3) is 0.100. The molecule has 3 aromatic rings. The van der Waals surface area contributed by atoms with E-state index in [0.29, 0.717) is 16.9 Å². The van der Waals surface area contributed by atoms with Crippen molar-refractivity contribution in [2.24, 2.45) is 7.05 Å². The van der Waals surface area contributed by atoms with Crippen molar-refractivity contribution in [2.75, 3.05) is 11.9 Å². The molecule has 2 aromatic carbocycles. The van der Waals surface area contributed by atoms with Gasteiger partial charge in [0.05, 0.1) is 17.8 Å². The lowest BCUT2D eigenvalue weighted by Gasteiger charge is -2.11. The van der Waals surface area contributed by atoms with E-state index in [9.17, 15) is 9.59 Å². The van der Waals surface area contributed by atoms with Crippen LogP contribution in [-0.4, -0.2) is 22.9 Å². The van der Waals surface area contributed by atoms with E-state index in [4.69, 9.17) is 6.42 Å². The van der Waals surface area contributed by atoms with Crippen LogP contribution in [0.25, 0.3) is 10.9 Å². The summed E-state index contributed by atoms with van der Waals surface area (Å²) >= 11 is 0. The number of hydrogen-bond donors (Lipinski definition) is 2. The van der Waals surface area contributed by atoms with Gasteiger partial charge in [-0.3, -0.25) is 9.59 Å². The maximum absolute atomic E-state index is 12.7. The Hall–Kier alpha value is -3.52. The molecule has 0 radical (unpaired) electrons. The first-order valence-electron chi connectivity index (χ1n) is 7.78. The Bertz CT molecular complexity index is 996. The summed E-state index contributed by atoms with van der Waals surface area (Å²) in [5, 5.41) is 6.40. The number of nitrogens with one attached hydrogen (secondary N) is 2. The number of rotatable bonds is 4. The predicted molar refractivity (Wildman–Crippen MR) is 98.5 cm³/mol. The van der Waals surface area contributed by atoms with Gasteiger partial charge in [-0.2, -0.15) is 0 Å². The Kier molecular flexibility index (Phi) is 4.53. The van der Waals surface area contributed by atoms with Gasteiger partial charge in [0.1, 0.15) is 5.69 Å². The number of terminal acetylenes is 1. The van der Waals surface area contributed by atoms with Crippen molar-refractivity contribution in [3.8, 4) is 12.3 Å². The number of carbonyl (C=O) groups excluding carboxylic acids is 2. The lowest BCUT2D eigenvalue weighted by atomic mass is 10.1. The van der Waals surface area contributed by atoms with E-state index in [-0.39, 0.29) is 18.4 Å². The van der Waals surface area contributed by atoms with Crippen molar-refractivity contribution in [1.29, 1.82) is 0 Å². The lowest BCUT2D eigenvalue weighted by Crippen LogP contribution is -2.25. The molecule has 1 heterocycles. The topological polar surface area (TPSA) is 63.1 Å². The molecule has 0 fully saturated rings. The molecule has 0 aliphatic heterocycles. The first-order valence-corrected chi connectivity index (χ1v) is 7.78. The SMILES string of the molecule is C#CCNC(=O)c1ccccc1NC(=O)c1cc2ccccc2n1C. The number of amides is 2. The van der Waals surface area contributed by atoms with Crippen LogP contribution in [0.15, 0.2) is 54.6 Å². The van der Waals surface area contributed by atoms with E-state index in [1.54, 1.807) is 24.3 Å². The van der Waals surface area contributed by atoms with Crippen molar-refractivity contribution in [2.45, 2.75) is 0 Å². The molecule has 2 amide bonds. The van der Waals surface area contributed by atoms with Crippen molar-refractivity contribution < 1.29 is 9.59 Å². The van der Waals surface area contributed by atoms with Crippen LogP contribution in [0.1, 0.15) is 20.8 Å². The van der Waals surface area contributed by atoms with Gasteiger partial charge in [0.2, 0.25) is 0 Å². The van der Waals surface area contributed by atoms with E-state index >= 15 is 0 Å². The molecule has 0 saturated carbocycles. The molecule has 124 valence electrons. The number of aryl methyl sites for hydroxylation is 1. The third kappa shape index (κ3) is 3.24. The molecule has 3 rings (SSSR count). The summed E-state index contributed by atoms with van der Waals surface area (Å²) in [5.41, 5.74) is 2.28. The first kappa shape index (κ1) is 16.3. The summed E-state index contributed by atoms with van der Waals surface area (Å²) in [6.07, 6.45) is 5.17. The summed E-state index contributed by atoms with van der Waals surface area (Å²) < 4.78 is 1.83. The standard InChI is InChI=1S/C20H17N3O2/c1-3-12-21-19(24)15-9-5-6-10-16(15)22-20(25)18-13-14-8-4-7-11-17(14)23(18)2/h1,4-11,13H,12H2,2H3,(H,21,24)(H,22,25). The van der Waals surface area contributed by atoms with Gasteiger partial charge in [-0.05, 0) is 24.3 Å². The van der Waals surface area contributed by atoms with Crippen LogP contribution < -0.4 is 10.6 Å². The monoisotopic (exact) mass is 331 g/mol. The number of anilines is 1. The van der Waals surface area contributed by atoms with Gasteiger partial charge in [-0.15, -0.1) is 6.42 Å². The number of para-hydroxylation sites is 2. The van der Waals surface area contributed by atoms with Gasteiger partial charge >= 0.3 is 0 Å². The molecule has 5 heteroatoms. The van der Waals surface area contributed by atoms with E-state index in [1.807, 2.05) is 41.9 Å². The van der Waals surface area contributed by atoms with Gasteiger partial charge in [0.25, 0.3) is 11.8 Å². The summed E-state index contributed by atoms with van der Waals surface area (Å²) in [6, 6.07) is 16.4. The Morgan fingerprint density at radius 2 is 1.80 bits per heavy atom. The molecule has 0 spiro atoms. The molecular formula is C20H17N3O2. The highest BCUT2D eigenvalue weighted by Crippen LogP contribution is 2.21. The molecule has 25 heavy (non-hydrogen) atoms.